The number of amides is 1. The van der Waals surface area contributed by atoms with Crippen molar-refractivity contribution >= 4 is 40.9 Å². The zero-order chi connectivity index (χ0) is 19.3. The summed E-state index contributed by atoms with van der Waals surface area (Å²) in [6.07, 6.45) is 0. The number of ether oxygens (including phenoxy) is 1. The van der Waals surface area contributed by atoms with Crippen LogP contribution >= 0.6 is 23.2 Å². The maximum atomic E-state index is 12.1. The monoisotopic (exact) mass is 393 g/mol. The molecule has 2 rings (SSSR count). The van der Waals surface area contributed by atoms with Crippen molar-refractivity contribution in [3.05, 3.63) is 68.7 Å². The van der Waals surface area contributed by atoms with E-state index in [-0.39, 0.29) is 29.5 Å². The van der Waals surface area contributed by atoms with Crippen LogP contribution in [0.1, 0.15) is 31.8 Å². The van der Waals surface area contributed by atoms with Crippen LogP contribution in [-0.2, 0) is 9.53 Å². The van der Waals surface area contributed by atoms with Gasteiger partial charge in [-0.15, -0.1) is 0 Å². The third-order valence-corrected chi connectivity index (χ3v) is 4.36. The van der Waals surface area contributed by atoms with Crippen molar-refractivity contribution in [2.75, 3.05) is 13.2 Å². The Morgan fingerprint density at radius 3 is 2.38 bits per heavy atom. The van der Waals surface area contributed by atoms with Crippen molar-refractivity contribution in [1.29, 1.82) is 0 Å². The third-order valence-electron chi connectivity index (χ3n) is 3.62. The van der Waals surface area contributed by atoms with Crippen molar-refractivity contribution in [3.8, 4) is 0 Å². The van der Waals surface area contributed by atoms with E-state index < -0.39 is 11.9 Å². The van der Waals surface area contributed by atoms with E-state index in [9.17, 15) is 14.4 Å². The zero-order valence-electron chi connectivity index (χ0n) is 14.3. The first kappa shape index (κ1) is 19.9. The highest BCUT2D eigenvalue weighted by molar-refractivity contribution is 6.42. The molecule has 0 radical (unpaired) electrons. The maximum Gasteiger partial charge on any atom is 0.325 e. The van der Waals surface area contributed by atoms with E-state index in [1.54, 1.807) is 6.07 Å². The number of ketones is 1. The molecule has 0 atom stereocenters. The number of hydrogen-bond donors (Lipinski definition) is 1. The number of esters is 1. The predicted octanol–water partition coefficient (Wildman–Crippen LogP) is 3.77. The van der Waals surface area contributed by atoms with E-state index in [1.165, 1.54) is 18.2 Å². The molecule has 0 heterocycles. The van der Waals surface area contributed by atoms with E-state index in [0.29, 0.717) is 10.6 Å². The molecule has 0 aliphatic heterocycles. The number of aryl methyl sites for hydroxylation is 2. The fourth-order valence-corrected chi connectivity index (χ4v) is 2.59. The Kier molecular flexibility index (Phi) is 6.77. The smallest absolute Gasteiger partial charge is 0.325 e. The molecule has 0 saturated heterocycles. The minimum Gasteiger partial charge on any atom is -0.456 e. The molecule has 0 fully saturated rings. The van der Waals surface area contributed by atoms with Crippen LogP contribution in [0.5, 0.6) is 0 Å². The number of hydrogen-bond acceptors (Lipinski definition) is 4. The van der Waals surface area contributed by atoms with E-state index in [4.69, 9.17) is 27.9 Å². The highest BCUT2D eigenvalue weighted by Gasteiger charge is 2.14. The highest BCUT2D eigenvalue weighted by Crippen LogP contribution is 2.22. The number of benzene rings is 2. The largest absolute Gasteiger partial charge is 0.456 e. The van der Waals surface area contributed by atoms with Crippen LogP contribution in [0.25, 0.3) is 0 Å². The molecule has 1 N–H and O–H groups in total. The lowest BCUT2D eigenvalue weighted by Crippen LogP contribution is -2.31. The van der Waals surface area contributed by atoms with Crippen molar-refractivity contribution in [2.24, 2.45) is 0 Å². The van der Waals surface area contributed by atoms with Crippen LogP contribution in [0.2, 0.25) is 10.0 Å². The van der Waals surface area contributed by atoms with E-state index >= 15 is 0 Å². The number of halogens is 2. The van der Waals surface area contributed by atoms with Gasteiger partial charge < -0.3 is 10.1 Å². The molecule has 26 heavy (non-hydrogen) atoms. The lowest BCUT2D eigenvalue weighted by Gasteiger charge is -2.08. The quantitative estimate of drug-likeness (QED) is 0.598. The zero-order valence-corrected chi connectivity index (χ0v) is 15.8. The summed E-state index contributed by atoms with van der Waals surface area (Å²) in [4.78, 5) is 35.8. The van der Waals surface area contributed by atoms with Gasteiger partial charge in [-0.2, -0.15) is 0 Å². The average molecular weight is 394 g/mol. The van der Waals surface area contributed by atoms with Crippen LogP contribution in [-0.4, -0.2) is 30.8 Å². The summed E-state index contributed by atoms with van der Waals surface area (Å²) in [5.74, 6) is -1.51. The minimum absolute atomic E-state index is 0.237. The molecule has 0 aromatic heterocycles. The SMILES string of the molecule is Cc1ccc(C(=O)COC(=O)CNC(=O)c2ccc(Cl)c(Cl)c2)c(C)c1. The Balaban J connectivity index is 1.84. The molecule has 1 amide bonds. The van der Waals surface area contributed by atoms with Crippen molar-refractivity contribution in [1.82, 2.24) is 5.32 Å². The minimum atomic E-state index is -0.712. The van der Waals surface area contributed by atoms with E-state index in [1.807, 2.05) is 26.0 Å². The van der Waals surface area contributed by atoms with Crippen molar-refractivity contribution in [2.45, 2.75) is 13.8 Å². The summed E-state index contributed by atoms with van der Waals surface area (Å²) >= 11 is 11.6. The van der Waals surface area contributed by atoms with Gasteiger partial charge in [0, 0.05) is 11.1 Å². The first-order valence-corrected chi connectivity index (χ1v) is 8.53. The number of carbonyl (C=O) groups excluding carboxylic acids is 3. The molecule has 2 aromatic rings. The van der Waals surface area contributed by atoms with E-state index in [0.717, 1.165) is 11.1 Å². The van der Waals surface area contributed by atoms with Gasteiger partial charge in [0.1, 0.15) is 6.54 Å². The number of Topliss-reactive ketones (excluding diaryl/α,β-unsaturated/α-hetero) is 1. The number of rotatable bonds is 6. The van der Waals surface area contributed by atoms with Crippen LogP contribution in [0.4, 0.5) is 0 Å². The molecule has 0 bridgehead atoms. The highest BCUT2D eigenvalue weighted by atomic mass is 35.5. The number of carbonyl (C=O) groups is 3. The van der Waals surface area contributed by atoms with Crippen molar-refractivity contribution < 1.29 is 19.1 Å². The molecule has 7 heteroatoms. The fourth-order valence-electron chi connectivity index (χ4n) is 2.29. The Hall–Kier alpha value is -2.37. The van der Waals surface area contributed by atoms with Gasteiger partial charge >= 0.3 is 5.97 Å². The third kappa shape index (κ3) is 5.31. The van der Waals surface area contributed by atoms with Gasteiger partial charge in [0.2, 0.25) is 5.78 Å². The van der Waals surface area contributed by atoms with Crippen LogP contribution < -0.4 is 5.32 Å². The summed E-state index contributed by atoms with van der Waals surface area (Å²) in [5, 5.41) is 2.96. The second-order valence-corrected chi connectivity index (χ2v) is 6.53. The lowest BCUT2D eigenvalue weighted by molar-refractivity contribution is -0.141. The summed E-state index contributed by atoms with van der Waals surface area (Å²) in [5.41, 5.74) is 2.63. The van der Waals surface area contributed by atoms with Crippen LogP contribution in [0, 0.1) is 13.8 Å². The molecule has 0 spiro atoms. The number of nitrogens with one attached hydrogen (secondary N) is 1. The standard InChI is InChI=1S/C19H17Cl2NO4/c1-11-3-5-14(12(2)7-11)17(23)10-26-18(24)9-22-19(25)13-4-6-15(20)16(21)8-13/h3-8H,9-10H2,1-2H3,(H,22,25). The molecular weight excluding hydrogens is 377 g/mol. The summed E-state index contributed by atoms with van der Waals surface area (Å²) < 4.78 is 4.92. The summed E-state index contributed by atoms with van der Waals surface area (Å²) in [7, 11) is 0. The van der Waals surface area contributed by atoms with Crippen LogP contribution in [0.15, 0.2) is 36.4 Å². The van der Waals surface area contributed by atoms with Crippen molar-refractivity contribution in [3.63, 3.8) is 0 Å². The first-order valence-electron chi connectivity index (χ1n) is 7.77. The van der Waals surface area contributed by atoms with E-state index in [2.05, 4.69) is 5.32 Å². The topological polar surface area (TPSA) is 72.5 Å². The second-order valence-electron chi connectivity index (χ2n) is 5.71. The predicted molar refractivity (Wildman–Crippen MR) is 100 cm³/mol. The molecule has 136 valence electrons. The Morgan fingerprint density at radius 1 is 1.00 bits per heavy atom. The van der Waals surface area contributed by atoms with Gasteiger partial charge in [0.25, 0.3) is 5.91 Å². The second kappa shape index (κ2) is 8.83. The molecule has 0 unspecified atom stereocenters. The molecule has 2 aromatic carbocycles. The van der Waals surface area contributed by atoms with Gasteiger partial charge in [-0.25, -0.2) is 0 Å². The van der Waals surface area contributed by atoms with Gasteiger partial charge in [-0.05, 0) is 37.6 Å². The Morgan fingerprint density at radius 2 is 1.73 bits per heavy atom. The van der Waals surface area contributed by atoms with Gasteiger partial charge in [0.15, 0.2) is 6.61 Å². The van der Waals surface area contributed by atoms with Crippen LogP contribution in [0.3, 0.4) is 0 Å². The summed E-state index contributed by atoms with van der Waals surface area (Å²) in [6, 6.07) is 9.77. The van der Waals surface area contributed by atoms with Gasteiger partial charge in [0.05, 0.1) is 10.0 Å². The Labute approximate surface area is 161 Å². The van der Waals surface area contributed by atoms with Gasteiger partial charge in [-0.3, -0.25) is 14.4 Å². The molecule has 0 aliphatic carbocycles. The molecule has 0 aliphatic rings. The summed E-state index contributed by atoms with van der Waals surface area (Å²) in [6.45, 7) is 3.00. The molecule has 5 nitrogen and oxygen atoms in total. The molecular formula is C19H17Cl2NO4. The normalized spacial score (nSPS) is 10.3. The maximum absolute atomic E-state index is 12.1. The molecule has 0 saturated carbocycles. The van der Waals surface area contributed by atoms with Gasteiger partial charge in [-0.1, -0.05) is 47.0 Å². The first-order chi connectivity index (χ1) is 12.3. The Bertz CT molecular complexity index is 865. The lowest BCUT2D eigenvalue weighted by atomic mass is 10.0. The average Bonchev–Trinajstić information content (AvgIpc) is 2.59. The fraction of sp³-hybridized carbons (Fsp3) is 0.211.